The van der Waals surface area contributed by atoms with Crippen LogP contribution < -0.4 is 0 Å². The molecule has 2 aromatic carbocycles. The number of hydrogen-bond acceptors (Lipinski definition) is 3. The second kappa shape index (κ2) is 5.52. The van der Waals surface area contributed by atoms with Gasteiger partial charge in [0.25, 0.3) is 0 Å². The van der Waals surface area contributed by atoms with Crippen LogP contribution in [0.2, 0.25) is 0 Å². The van der Waals surface area contributed by atoms with Crippen molar-refractivity contribution >= 4 is 22.7 Å². The number of carbonyl (C=O) groups excluding carboxylic acids is 1. The summed E-state index contributed by atoms with van der Waals surface area (Å²) >= 11 is 0. The number of rotatable bonds is 4. The third-order valence-electron chi connectivity index (χ3n) is 2.76. The molecular weight excluding hydrogens is 244 g/mol. The first-order chi connectivity index (χ1) is 9.11. The Morgan fingerprint density at radius 1 is 1.05 bits per heavy atom. The minimum absolute atomic E-state index is 0.201. The first-order valence-corrected chi connectivity index (χ1v) is 6.06. The van der Waals surface area contributed by atoms with Gasteiger partial charge in [-0.25, -0.2) is 9.59 Å². The SMILES string of the molecule is CCCOC(=O)c1ccc2ccc(C(=O)O)cc2c1. The number of esters is 1. The molecule has 0 aliphatic heterocycles. The van der Waals surface area contributed by atoms with Gasteiger partial charge in [0.2, 0.25) is 0 Å². The topological polar surface area (TPSA) is 63.6 Å². The van der Waals surface area contributed by atoms with E-state index in [4.69, 9.17) is 9.84 Å². The molecule has 0 radical (unpaired) electrons. The van der Waals surface area contributed by atoms with Gasteiger partial charge in [0.1, 0.15) is 0 Å². The molecule has 2 rings (SSSR count). The van der Waals surface area contributed by atoms with Crippen molar-refractivity contribution in [3.8, 4) is 0 Å². The van der Waals surface area contributed by atoms with Gasteiger partial charge < -0.3 is 9.84 Å². The average molecular weight is 258 g/mol. The lowest BCUT2D eigenvalue weighted by molar-refractivity contribution is 0.0505. The number of carbonyl (C=O) groups is 2. The van der Waals surface area contributed by atoms with Crippen LogP contribution in [0.15, 0.2) is 36.4 Å². The summed E-state index contributed by atoms with van der Waals surface area (Å²) in [6, 6.07) is 9.93. The van der Waals surface area contributed by atoms with Crippen molar-refractivity contribution in [2.45, 2.75) is 13.3 Å². The van der Waals surface area contributed by atoms with E-state index in [-0.39, 0.29) is 11.5 Å². The van der Waals surface area contributed by atoms with Crippen LogP contribution in [0.5, 0.6) is 0 Å². The Balaban J connectivity index is 2.38. The molecule has 0 aliphatic rings. The molecule has 0 saturated heterocycles. The van der Waals surface area contributed by atoms with Crippen LogP contribution in [0.25, 0.3) is 10.8 Å². The van der Waals surface area contributed by atoms with Gasteiger partial charge in [0, 0.05) is 0 Å². The fourth-order valence-corrected chi connectivity index (χ4v) is 1.78. The summed E-state index contributed by atoms with van der Waals surface area (Å²) in [6.07, 6.45) is 0.766. The molecule has 0 fully saturated rings. The lowest BCUT2D eigenvalue weighted by Crippen LogP contribution is -2.05. The maximum Gasteiger partial charge on any atom is 0.338 e. The van der Waals surface area contributed by atoms with Gasteiger partial charge in [0.05, 0.1) is 17.7 Å². The Morgan fingerprint density at radius 2 is 1.68 bits per heavy atom. The smallest absolute Gasteiger partial charge is 0.338 e. The standard InChI is InChI=1S/C15H14O4/c1-2-7-19-15(18)12-6-4-10-3-5-11(14(16)17)8-13(10)9-12/h3-6,8-9H,2,7H2,1H3,(H,16,17). The molecule has 0 aromatic heterocycles. The van der Waals surface area contributed by atoms with Crippen molar-refractivity contribution in [3.05, 3.63) is 47.5 Å². The maximum atomic E-state index is 11.7. The summed E-state index contributed by atoms with van der Waals surface area (Å²) in [5.41, 5.74) is 0.634. The van der Waals surface area contributed by atoms with Crippen molar-refractivity contribution in [1.29, 1.82) is 0 Å². The summed E-state index contributed by atoms with van der Waals surface area (Å²) in [6.45, 7) is 2.30. The van der Waals surface area contributed by atoms with E-state index < -0.39 is 5.97 Å². The van der Waals surface area contributed by atoms with Gasteiger partial charge in [-0.1, -0.05) is 19.1 Å². The highest BCUT2D eigenvalue weighted by Crippen LogP contribution is 2.18. The van der Waals surface area contributed by atoms with Gasteiger partial charge in [0.15, 0.2) is 0 Å². The van der Waals surface area contributed by atoms with Crippen LogP contribution in [-0.4, -0.2) is 23.7 Å². The average Bonchev–Trinajstić information content (AvgIpc) is 2.43. The molecule has 0 spiro atoms. The second-order valence-corrected chi connectivity index (χ2v) is 4.22. The molecule has 4 nitrogen and oxygen atoms in total. The van der Waals surface area contributed by atoms with E-state index in [9.17, 15) is 9.59 Å². The van der Waals surface area contributed by atoms with Crippen LogP contribution in [-0.2, 0) is 4.74 Å². The van der Waals surface area contributed by atoms with Gasteiger partial charge >= 0.3 is 11.9 Å². The summed E-state index contributed by atoms with van der Waals surface area (Å²) in [7, 11) is 0. The Labute approximate surface area is 110 Å². The molecule has 0 atom stereocenters. The monoisotopic (exact) mass is 258 g/mol. The van der Waals surface area contributed by atoms with E-state index in [0.717, 1.165) is 11.8 Å². The second-order valence-electron chi connectivity index (χ2n) is 4.22. The largest absolute Gasteiger partial charge is 0.478 e. The third kappa shape index (κ3) is 2.91. The molecule has 2 aromatic rings. The number of fused-ring (bicyclic) bond motifs is 1. The molecular formula is C15H14O4. The van der Waals surface area contributed by atoms with E-state index >= 15 is 0 Å². The normalized spacial score (nSPS) is 10.4. The number of carboxylic acid groups (broad SMARTS) is 1. The van der Waals surface area contributed by atoms with Crippen LogP contribution in [0.3, 0.4) is 0 Å². The summed E-state index contributed by atoms with van der Waals surface area (Å²) in [4.78, 5) is 22.6. The highest BCUT2D eigenvalue weighted by atomic mass is 16.5. The molecule has 0 aliphatic carbocycles. The lowest BCUT2D eigenvalue weighted by atomic mass is 10.0. The first kappa shape index (κ1) is 13.1. The zero-order valence-electron chi connectivity index (χ0n) is 10.6. The Morgan fingerprint density at radius 3 is 2.32 bits per heavy atom. The van der Waals surface area contributed by atoms with Gasteiger partial charge in [-0.3, -0.25) is 0 Å². The van der Waals surface area contributed by atoms with Crippen molar-refractivity contribution in [2.24, 2.45) is 0 Å². The van der Waals surface area contributed by atoms with E-state index in [1.807, 2.05) is 6.92 Å². The molecule has 1 N–H and O–H groups in total. The third-order valence-corrected chi connectivity index (χ3v) is 2.76. The van der Waals surface area contributed by atoms with Crippen molar-refractivity contribution in [3.63, 3.8) is 0 Å². The Hall–Kier alpha value is -2.36. The Bertz CT molecular complexity index is 631. The van der Waals surface area contributed by atoms with Gasteiger partial charge in [-0.05, 0) is 41.5 Å². The van der Waals surface area contributed by atoms with Crippen molar-refractivity contribution < 1.29 is 19.4 Å². The number of ether oxygens (including phenoxy) is 1. The van der Waals surface area contributed by atoms with E-state index in [2.05, 4.69) is 0 Å². The number of carboxylic acids is 1. The molecule has 4 heteroatoms. The lowest BCUT2D eigenvalue weighted by Gasteiger charge is -2.05. The molecule has 0 unspecified atom stereocenters. The van der Waals surface area contributed by atoms with Gasteiger partial charge in [-0.15, -0.1) is 0 Å². The summed E-state index contributed by atoms with van der Waals surface area (Å²) in [5, 5.41) is 10.5. The highest BCUT2D eigenvalue weighted by molar-refractivity contribution is 5.98. The summed E-state index contributed by atoms with van der Waals surface area (Å²) < 4.78 is 5.05. The van der Waals surface area contributed by atoms with Crippen LogP contribution in [0, 0.1) is 0 Å². The van der Waals surface area contributed by atoms with Gasteiger partial charge in [-0.2, -0.15) is 0 Å². The zero-order valence-corrected chi connectivity index (χ0v) is 10.6. The fraction of sp³-hybridized carbons (Fsp3) is 0.200. The Kier molecular flexibility index (Phi) is 3.80. The minimum atomic E-state index is -0.985. The highest BCUT2D eigenvalue weighted by Gasteiger charge is 2.09. The maximum absolute atomic E-state index is 11.7. The molecule has 0 heterocycles. The molecule has 0 amide bonds. The van der Waals surface area contributed by atoms with E-state index in [1.54, 1.807) is 36.4 Å². The predicted octanol–water partition coefficient (Wildman–Crippen LogP) is 3.10. The predicted molar refractivity (Wildman–Crippen MR) is 71.5 cm³/mol. The van der Waals surface area contributed by atoms with Crippen LogP contribution in [0.4, 0.5) is 0 Å². The van der Waals surface area contributed by atoms with E-state index in [1.165, 1.54) is 0 Å². The number of benzene rings is 2. The number of aromatic carboxylic acids is 1. The first-order valence-electron chi connectivity index (χ1n) is 6.06. The van der Waals surface area contributed by atoms with Crippen LogP contribution >= 0.6 is 0 Å². The quantitative estimate of drug-likeness (QED) is 0.856. The number of hydrogen-bond donors (Lipinski definition) is 1. The minimum Gasteiger partial charge on any atom is -0.478 e. The van der Waals surface area contributed by atoms with Crippen LogP contribution in [0.1, 0.15) is 34.1 Å². The van der Waals surface area contributed by atoms with Crippen molar-refractivity contribution in [2.75, 3.05) is 6.61 Å². The van der Waals surface area contributed by atoms with Crippen molar-refractivity contribution in [1.82, 2.24) is 0 Å². The molecule has 0 bridgehead atoms. The molecule has 19 heavy (non-hydrogen) atoms. The van der Waals surface area contributed by atoms with E-state index in [0.29, 0.717) is 17.6 Å². The summed E-state index contributed by atoms with van der Waals surface area (Å²) in [5.74, 6) is -1.37. The zero-order chi connectivity index (χ0) is 13.8. The molecule has 98 valence electrons. The fourth-order valence-electron chi connectivity index (χ4n) is 1.78. The molecule has 0 saturated carbocycles.